The van der Waals surface area contributed by atoms with Crippen molar-refractivity contribution in [2.45, 2.75) is 65.6 Å². The SMILES string of the molecule is CCCC(NCCN(C(C)C)C(C)C)C(=O)O. The maximum absolute atomic E-state index is 11.0. The van der Waals surface area contributed by atoms with Gasteiger partial charge in [0.15, 0.2) is 0 Å². The van der Waals surface area contributed by atoms with Crippen LogP contribution in [0.3, 0.4) is 0 Å². The second-order valence-corrected chi connectivity index (χ2v) is 5.06. The first-order valence-electron chi connectivity index (χ1n) is 6.62. The highest BCUT2D eigenvalue weighted by molar-refractivity contribution is 5.73. The molecule has 2 N–H and O–H groups in total. The van der Waals surface area contributed by atoms with E-state index in [1.807, 2.05) is 6.92 Å². The number of carboxylic acids is 1. The summed E-state index contributed by atoms with van der Waals surface area (Å²) in [6.07, 6.45) is 1.58. The third-order valence-corrected chi connectivity index (χ3v) is 2.96. The van der Waals surface area contributed by atoms with Crippen molar-refractivity contribution in [1.82, 2.24) is 10.2 Å². The molecule has 0 rings (SSSR count). The lowest BCUT2D eigenvalue weighted by Gasteiger charge is -2.31. The minimum Gasteiger partial charge on any atom is -0.480 e. The van der Waals surface area contributed by atoms with Gasteiger partial charge in [0, 0.05) is 25.2 Å². The summed E-state index contributed by atoms with van der Waals surface area (Å²) in [6.45, 7) is 12.3. The van der Waals surface area contributed by atoms with Gasteiger partial charge in [-0.25, -0.2) is 0 Å². The molecular weight excluding hydrogens is 216 g/mol. The fourth-order valence-corrected chi connectivity index (χ4v) is 2.08. The van der Waals surface area contributed by atoms with Crippen LogP contribution in [0.2, 0.25) is 0 Å². The average Bonchev–Trinajstić information content (AvgIpc) is 2.20. The molecule has 1 unspecified atom stereocenters. The smallest absolute Gasteiger partial charge is 0.320 e. The highest BCUT2D eigenvalue weighted by Gasteiger charge is 2.17. The van der Waals surface area contributed by atoms with Gasteiger partial charge in [0.1, 0.15) is 6.04 Å². The van der Waals surface area contributed by atoms with Crippen molar-refractivity contribution in [3.05, 3.63) is 0 Å². The molecule has 0 saturated heterocycles. The molecule has 17 heavy (non-hydrogen) atoms. The number of rotatable bonds is 9. The molecule has 0 fully saturated rings. The van der Waals surface area contributed by atoms with E-state index in [1.165, 1.54) is 0 Å². The van der Waals surface area contributed by atoms with E-state index < -0.39 is 12.0 Å². The van der Waals surface area contributed by atoms with Crippen molar-refractivity contribution in [1.29, 1.82) is 0 Å². The molecule has 0 heterocycles. The normalized spacial score (nSPS) is 13.6. The molecule has 0 amide bonds. The predicted molar refractivity (Wildman–Crippen MR) is 71.3 cm³/mol. The van der Waals surface area contributed by atoms with Crippen molar-refractivity contribution in [3.8, 4) is 0 Å². The Kier molecular flexibility index (Phi) is 8.17. The Balaban J connectivity index is 4.05. The van der Waals surface area contributed by atoms with E-state index in [1.54, 1.807) is 0 Å². The second-order valence-electron chi connectivity index (χ2n) is 5.06. The summed E-state index contributed by atoms with van der Waals surface area (Å²) in [7, 11) is 0. The molecule has 0 aliphatic carbocycles. The largest absolute Gasteiger partial charge is 0.480 e. The van der Waals surface area contributed by atoms with Crippen LogP contribution < -0.4 is 5.32 Å². The lowest BCUT2D eigenvalue weighted by Crippen LogP contribution is -2.45. The van der Waals surface area contributed by atoms with Crippen LogP contribution in [0.1, 0.15) is 47.5 Å². The van der Waals surface area contributed by atoms with E-state index in [2.05, 4.69) is 37.9 Å². The van der Waals surface area contributed by atoms with Crippen LogP contribution in [0.5, 0.6) is 0 Å². The van der Waals surface area contributed by atoms with Gasteiger partial charge in [0.2, 0.25) is 0 Å². The molecule has 0 radical (unpaired) electrons. The van der Waals surface area contributed by atoms with Crippen molar-refractivity contribution in [3.63, 3.8) is 0 Å². The summed E-state index contributed by atoms with van der Waals surface area (Å²) in [5, 5.41) is 12.1. The number of hydrogen-bond donors (Lipinski definition) is 2. The third kappa shape index (κ3) is 6.64. The highest BCUT2D eigenvalue weighted by atomic mass is 16.4. The zero-order chi connectivity index (χ0) is 13.4. The lowest BCUT2D eigenvalue weighted by atomic mass is 10.1. The molecule has 0 bridgehead atoms. The monoisotopic (exact) mass is 244 g/mol. The van der Waals surface area contributed by atoms with E-state index in [0.29, 0.717) is 18.5 Å². The Hall–Kier alpha value is -0.610. The summed E-state index contributed by atoms with van der Waals surface area (Å²) in [6, 6.07) is 0.582. The number of hydrogen-bond acceptors (Lipinski definition) is 3. The molecule has 0 spiro atoms. The van der Waals surface area contributed by atoms with Gasteiger partial charge in [0.05, 0.1) is 0 Å². The first-order valence-corrected chi connectivity index (χ1v) is 6.62. The number of nitrogens with zero attached hydrogens (tertiary/aromatic N) is 1. The molecule has 0 aliphatic heterocycles. The maximum atomic E-state index is 11.0. The molecule has 4 nitrogen and oxygen atoms in total. The summed E-state index contributed by atoms with van der Waals surface area (Å²) in [5.41, 5.74) is 0. The van der Waals surface area contributed by atoms with Crippen LogP contribution in [0.4, 0.5) is 0 Å². The number of aliphatic carboxylic acids is 1. The van der Waals surface area contributed by atoms with Gasteiger partial charge in [-0.1, -0.05) is 13.3 Å². The van der Waals surface area contributed by atoms with E-state index in [-0.39, 0.29) is 0 Å². The zero-order valence-electron chi connectivity index (χ0n) is 11.9. The standard InChI is InChI=1S/C13H28N2O2/c1-6-7-12(13(16)17)14-8-9-15(10(2)3)11(4)5/h10-12,14H,6-9H2,1-5H3,(H,16,17). The van der Waals surface area contributed by atoms with Crippen molar-refractivity contribution < 1.29 is 9.90 Å². The molecule has 4 heteroatoms. The fourth-order valence-electron chi connectivity index (χ4n) is 2.08. The number of carbonyl (C=O) groups is 1. The molecular formula is C13H28N2O2. The Morgan fingerprint density at radius 1 is 1.24 bits per heavy atom. The minimum absolute atomic E-state index is 0.402. The van der Waals surface area contributed by atoms with Gasteiger partial charge < -0.3 is 10.4 Å². The van der Waals surface area contributed by atoms with Crippen LogP contribution in [0, 0.1) is 0 Å². The first kappa shape index (κ1) is 16.4. The fraction of sp³-hybridized carbons (Fsp3) is 0.923. The first-order chi connectivity index (χ1) is 7.90. The summed E-state index contributed by atoms with van der Waals surface area (Å²) < 4.78 is 0. The lowest BCUT2D eigenvalue weighted by molar-refractivity contribution is -0.139. The van der Waals surface area contributed by atoms with Gasteiger partial charge in [-0.05, 0) is 34.1 Å². The van der Waals surface area contributed by atoms with E-state index in [0.717, 1.165) is 19.5 Å². The van der Waals surface area contributed by atoms with E-state index >= 15 is 0 Å². The van der Waals surface area contributed by atoms with Gasteiger partial charge in [0.25, 0.3) is 0 Å². The molecule has 0 aromatic rings. The quantitative estimate of drug-likeness (QED) is 0.651. The predicted octanol–water partition coefficient (Wildman–Crippen LogP) is 1.95. The molecule has 0 saturated carbocycles. The molecule has 1 atom stereocenters. The van der Waals surface area contributed by atoms with Gasteiger partial charge in [-0.2, -0.15) is 0 Å². The average molecular weight is 244 g/mol. The Morgan fingerprint density at radius 2 is 1.76 bits per heavy atom. The van der Waals surface area contributed by atoms with Gasteiger partial charge in [-0.15, -0.1) is 0 Å². The Labute approximate surface area is 105 Å². The van der Waals surface area contributed by atoms with E-state index in [4.69, 9.17) is 5.11 Å². The number of nitrogens with one attached hydrogen (secondary N) is 1. The summed E-state index contributed by atoms with van der Waals surface area (Å²) in [5.74, 6) is -0.743. The van der Waals surface area contributed by atoms with Crippen molar-refractivity contribution in [2.24, 2.45) is 0 Å². The van der Waals surface area contributed by atoms with Crippen molar-refractivity contribution >= 4 is 5.97 Å². The third-order valence-electron chi connectivity index (χ3n) is 2.96. The van der Waals surface area contributed by atoms with Crippen LogP contribution in [0.15, 0.2) is 0 Å². The van der Waals surface area contributed by atoms with Crippen LogP contribution in [-0.4, -0.2) is 47.2 Å². The second kappa shape index (κ2) is 8.48. The molecule has 0 aromatic carbocycles. The van der Waals surface area contributed by atoms with Crippen LogP contribution >= 0.6 is 0 Å². The van der Waals surface area contributed by atoms with Gasteiger partial charge in [-0.3, -0.25) is 9.69 Å². The van der Waals surface area contributed by atoms with Crippen LogP contribution in [-0.2, 0) is 4.79 Å². The highest BCUT2D eigenvalue weighted by Crippen LogP contribution is 2.04. The van der Waals surface area contributed by atoms with Crippen LogP contribution in [0.25, 0.3) is 0 Å². The number of carboxylic acid groups (broad SMARTS) is 1. The molecule has 102 valence electrons. The van der Waals surface area contributed by atoms with E-state index in [9.17, 15) is 4.79 Å². The Morgan fingerprint density at radius 3 is 2.12 bits per heavy atom. The van der Waals surface area contributed by atoms with Gasteiger partial charge >= 0.3 is 5.97 Å². The molecule has 0 aromatic heterocycles. The zero-order valence-corrected chi connectivity index (χ0v) is 11.9. The summed E-state index contributed by atoms with van der Waals surface area (Å²) in [4.78, 5) is 13.3. The molecule has 0 aliphatic rings. The summed E-state index contributed by atoms with van der Waals surface area (Å²) >= 11 is 0. The topological polar surface area (TPSA) is 52.6 Å². The minimum atomic E-state index is -0.743. The Bertz CT molecular complexity index is 209. The van der Waals surface area contributed by atoms with Crippen molar-refractivity contribution in [2.75, 3.05) is 13.1 Å². The maximum Gasteiger partial charge on any atom is 0.320 e.